The Balaban J connectivity index is 0.000000211. The molecule has 616 valence electrons. The van der Waals surface area contributed by atoms with Crippen molar-refractivity contribution in [2.75, 3.05) is 26.2 Å². The molecule has 10 aliphatic rings. The van der Waals surface area contributed by atoms with Crippen LogP contribution < -0.4 is 40.8 Å². The number of hydrogen-bond donors (Lipinski definition) is 7. The minimum atomic E-state index is -3.99. The van der Waals surface area contributed by atoms with Crippen molar-refractivity contribution in [1.82, 2.24) is 60.6 Å². The number of halogens is 1. The van der Waals surface area contributed by atoms with Crippen LogP contribution in [0.4, 0.5) is 18.8 Å². The van der Waals surface area contributed by atoms with Gasteiger partial charge in [-0.25, -0.2) is 45.4 Å². The first kappa shape index (κ1) is 82.9. The zero-order valence-corrected chi connectivity index (χ0v) is 65.8. The molecule has 4 saturated carbocycles. The van der Waals surface area contributed by atoms with Gasteiger partial charge in [-0.05, 0) is 129 Å². The van der Waals surface area contributed by atoms with E-state index in [2.05, 4.69) is 54.2 Å². The van der Waals surface area contributed by atoms with Crippen LogP contribution in [0.1, 0.15) is 148 Å². The van der Waals surface area contributed by atoms with Crippen LogP contribution in [0, 0.1) is 24.6 Å². The van der Waals surface area contributed by atoms with Crippen molar-refractivity contribution in [2.24, 2.45) is 11.8 Å². The van der Waals surface area contributed by atoms with Crippen LogP contribution in [0.25, 0.3) is 10.8 Å². The van der Waals surface area contributed by atoms with E-state index in [4.69, 9.17) is 28.4 Å². The van der Waals surface area contributed by atoms with Crippen molar-refractivity contribution in [3.63, 3.8) is 0 Å². The van der Waals surface area contributed by atoms with E-state index in [9.17, 15) is 83.6 Å². The number of cyclic esters (lactones) is 1. The average Bonchev–Trinajstić information content (AvgIpc) is 1.57. The number of aryl methyl sites for hydroxylation is 1. The molecule has 11 amide bonds. The molecule has 2 aromatic carbocycles. The van der Waals surface area contributed by atoms with Crippen LogP contribution in [0.2, 0.25) is 0 Å². The van der Waals surface area contributed by atoms with Gasteiger partial charge in [-0.1, -0.05) is 42.0 Å². The van der Waals surface area contributed by atoms with Crippen LogP contribution in [0.3, 0.4) is 0 Å². The smallest absolute Gasteiger partial charge is 0.410 e. The Labute approximate surface area is 657 Å². The van der Waals surface area contributed by atoms with Gasteiger partial charge in [-0.2, -0.15) is 0 Å². The lowest BCUT2D eigenvalue weighted by molar-refractivity contribution is -0.157. The van der Waals surface area contributed by atoms with Gasteiger partial charge in [-0.15, -0.1) is 13.2 Å². The van der Waals surface area contributed by atoms with Gasteiger partial charge in [0.25, 0.3) is 17.7 Å². The van der Waals surface area contributed by atoms with Gasteiger partial charge in [0.05, 0.1) is 36.7 Å². The number of sulfonamides is 2. The minimum absolute atomic E-state index is 0.0260. The third-order valence-electron chi connectivity index (χ3n) is 21.5. The fourth-order valence-corrected chi connectivity index (χ4v) is 17.8. The molecule has 5 saturated heterocycles. The summed E-state index contributed by atoms with van der Waals surface area (Å²) >= 11 is 0. The number of fused-ring (bicyclic) bond motifs is 4. The number of amides is 11. The number of ether oxygens (including phenoxy) is 6. The summed E-state index contributed by atoms with van der Waals surface area (Å²) in [5, 5.41) is 13.2. The molecule has 13 atom stereocenters. The fourth-order valence-electron chi connectivity index (χ4n) is 15.1. The maximum Gasteiger partial charge on any atom is 0.410 e. The molecule has 0 spiro atoms. The highest BCUT2D eigenvalue weighted by atomic mass is 32.2. The number of rotatable bonds is 26. The molecule has 7 N–H and O–H groups in total. The number of carbonyl (C=O) groups excluding carboxylic acids is 13. The number of benzene rings is 2. The molecule has 0 radical (unpaired) electrons. The van der Waals surface area contributed by atoms with Gasteiger partial charge in [-0.3, -0.25) is 57.5 Å². The summed E-state index contributed by atoms with van der Waals surface area (Å²) in [6, 6.07) is 5.87. The van der Waals surface area contributed by atoms with E-state index in [0.29, 0.717) is 48.6 Å². The summed E-state index contributed by atoms with van der Waals surface area (Å²) in [7, 11) is -7.95. The number of pyridine rings is 1. The van der Waals surface area contributed by atoms with Gasteiger partial charge >= 0.3 is 30.2 Å². The molecule has 9 fully saturated rings. The number of nitrogens with zero attached hydrogens (tertiary/aromatic N) is 5. The fraction of sp³-hybridized carbons (Fsp3) is 0.579. The van der Waals surface area contributed by atoms with Crippen molar-refractivity contribution in [3.8, 4) is 5.88 Å². The molecule has 3 aromatic rings. The first-order valence-electron chi connectivity index (χ1n) is 38.0. The van der Waals surface area contributed by atoms with E-state index in [1.165, 1.54) is 39.0 Å². The maximum atomic E-state index is 14.7. The summed E-state index contributed by atoms with van der Waals surface area (Å²) in [5.74, 6) is -8.49. The number of likely N-dealkylation sites (tertiary alicyclic amines) is 3. The van der Waals surface area contributed by atoms with Crippen LogP contribution in [-0.2, 0) is 105 Å². The van der Waals surface area contributed by atoms with E-state index >= 15 is 0 Å². The summed E-state index contributed by atoms with van der Waals surface area (Å²) in [6.45, 7) is 18.7. The lowest BCUT2D eigenvalue weighted by atomic mass is 10.1. The lowest BCUT2D eigenvalue weighted by Crippen LogP contribution is -2.58. The quantitative estimate of drug-likeness (QED) is 0.0345. The molecule has 114 heavy (non-hydrogen) atoms. The third-order valence-corrected chi connectivity index (χ3v) is 25.1. The zero-order chi connectivity index (χ0) is 82.5. The summed E-state index contributed by atoms with van der Waals surface area (Å²) in [6.07, 6.45) is -0.209. The highest BCUT2D eigenvalue weighted by Crippen LogP contribution is 2.47. The Morgan fingerprint density at radius 3 is 1.75 bits per heavy atom. The molecule has 6 aliphatic heterocycles. The minimum Gasteiger partial charge on any atom is -0.472 e. The zero-order valence-electron chi connectivity index (χ0n) is 64.2. The number of hydrogen-bond acceptors (Lipinski definition) is 24. The second-order valence-corrected chi connectivity index (χ2v) is 36.5. The second-order valence-electron chi connectivity index (χ2n) is 32.6. The molecule has 35 nitrogen and oxygen atoms in total. The van der Waals surface area contributed by atoms with Crippen molar-refractivity contribution in [2.45, 2.75) is 239 Å². The number of morpholine rings is 1. The molecule has 1 aromatic heterocycles. The highest BCUT2D eigenvalue weighted by molar-refractivity contribution is 7.91. The molecule has 13 rings (SSSR count). The first-order chi connectivity index (χ1) is 53.7. The average molecular weight is 1630 g/mol. The summed E-state index contributed by atoms with van der Waals surface area (Å²) in [5.41, 5.74) is -3.28. The Bertz CT molecular complexity index is 4680. The Hall–Kier alpha value is -10.5. The number of nitrogens with one attached hydrogen (secondary N) is 7. The SMILES string of the molecule is C=C[C@@H]1C[C@]1(NC(=O)[C@@H]1C[C@@H](Oc2nccc3cc(C)ccc23)CN1C(=O)[C@H](CCC(=O)N1C[C@@H]2C[C@H]1C(=O)O2)NC(=O)OC(C)(C)C)C(=O)NS(=O)(=O)C1CC1.C=C[C@H]1C[C@]1(NC(=O)[C@@H]1C[C@@H](OC(=O)N2Cc3cccc(F)c3C2)CN1C(=O)[C@H](CCNC(=O)[C@H]1CCC(=O)O1)NC(=O)OC(C)(C)C)C(=O)NS(=O)(=O)C1CC1. The van der Waals surface area contributed by atoms with Crippen LogP contribution in [0.5, 0.6) is 5.88 Å². The largest absolute Gasteiger partial charge is 0.472 e. The van der Waals surface area contributed by atoms with Gasteiger partial charge in [0.2, 0.25) is 55.5 Å². The van der Waals surface area contributed by atoms with Gasteiger partial charge in [0.15, 0.2) is 6.10 Å². The third kappa shape index (κ3) is 19.0. The predicted octanol–water partition coefficient (Wildman–Crippen LogP) is 2.78. The van der Waals surface area contributed by atoms with Crippen LogP contribution in [0.15, 0.2) is 74.0 Å². The second kappa shape index (κ2) is 32.4. The van der Waals surface area contributed by atoms with E-state index in [0.717, 1.165) is 15.8 Å². The summed E-state index contributed by atoms with van der Waals surface area (Å²) < 4.78 is 103. The van der Waals surface area contributed by atoms with E-state index in [1.807, 2.05) is 31.2 Å². The Morgan fingerprint density at radius 1 is 0.684 bits per heavy atom. The molecular weight excluding hydrogens is 1530 g/mol. The molecule has 7 heterocycles. The number of carbonyl (C=O) groups is 13. The lowest BCUT2D eigenvalue weighted by Gasteiger charge is -2.31. The molecule has 38 heteroatoms. The highest BCUT2D eigenvalue weighted by Gasteiger charge is 2.64. The van der Waals surface area contributed by atoms with Gasteiger partial charge in [0, 0.05) is 80.6 Å². The van der Waals surface area contributed by atoms with Gasteiger partial charge < -0.3 is 69.7 Å². The summed E-state index contributed by atoms with van der Waals surface area (Å²) in [4.78, 5) is 183. The van der Waals surface area contributed by atoms with E-state index < -0.39 is 203 Å². The first-order valence-corrected chi connectivity index (χ1v) is 41.1. The number of alkyl carbamates (subject to hydrolysis) is 2. The van der Waals surface area contributed by atoms with Crippen LogP contribution in [-0.4, -0.2) is 232 Å². The van der Waals surface area contributed by atoms with Crippen molar-refractivity contribution in [3.05, 3.63) is 96.5 Å². The Kier molecular flexibility index (Phi) is 23.6. The van der Waals surface area contributed by atoms with Crippen LogP contribution >= 0.6 is 0 Å². The van der Waals surface area contributed by atoms with Crippen molar-refractivity contribution < 1.29 is 112 Å². The monoisotopic (exact) mass is 1630 g/mol. The molecule has 0 unspecified atom stereocenters. The standard InChI is InChI=1S/C39H48N6O11S.C37H47FN6O12S/c1-6-23-18-39(23,36(50)43-57(52,53)26-8-9-26)42-32(47)29-16-24(54-33-27-10-7-21(2)15-22(27)13-14-40-33)20-45(29)34(48)28(41-37(51)56-38(3,4)5)11-12-31(46)44-19-25-17-30(44)35(49)55-25;1-5-21-16-37(21,33(49)42-57(52,53)23-9-10-23)41-30(46)27-15-22(54-35(51)43-17-20-7-6-8-25(38)24(20)19-43)18-44(27)32(48)26(40-34(50)56-36(2,3)4)13-14-39-31(47)28-11-12-29(45)55-28/h6-7,10,13-15,23-26,28-30H,1,8-9,11-12,16-20H2,2-5H3,(H,41,51)(H,42,47)(H,43,50);5-8,21-23,26-28H,1,9-19H2,2-4H3,(H,39,47)(H,40,50)(H,41,46)(H,42,49)/t23-,24-,25+,28+,29+,30+,39-;21-,22+,26-,27-,28+,37+/m10/s1. The maximum absolute atomic E-state index is 14.7. The molecular formula is C76H95FN12O23S2. The molecule has 4 aliphatic carbocycles. The van der Waals surface area contributed by atoms with E-state index in [-0.39, 0.29) is 103 Å². The predicted molar refractivity (Wildman–Crippen MR) is 398 cm³/mol. The number of aromatic nitrogens is 1. The van der Waals surface area contributed by atoms with Crippen molar-refractivity contribution in [1.29, 1.82) is 0 Å². The number of esters is 2. The molecule has 2 bridgehead atoms. The topological polar surface area (TPSA) is 456 Å². The van der Waals surface area contributed by atoms with E-state index in [1.54, 1.807) is 53.8 Å². The normalized spacial score (nSPS) is 26.4. The van der Waals surface area contributed by atoms with Gasteiger partial charge in [0.1, 0.15) is 76.6 Å². The Morgan fingerprint density at radius 2 is 1.25 bits per heavy atom. The van der Waals surface area contributed by atoms with Crippen molar-refractivity contribution >= 4 is 108 Å².